The van der Waals surface area contributed by atoms with E-state index in [0.29, 0.717) is 28.0 Å². The molecule has 0 spiro atoms. The van der Waals surface area contributed by atoms with E-state index in [2.05, 4.69) is 16.9 Å². The molecular formula is C15H17N3O2S2. The third-order valence-electron chi connectivity index (χ3n) is 3.44. The maximum absolute atomic E-state index is 12.5. The Morgan fingerprint density at radius 1 is 1.68 bits per heavy atom. The Labute approximate surface area is 136 Å². The van der Waals surface area contributed by atoms with E-state index in [-0.39, 0.29) is 16.7 Å². The zero-order valence-electron chi connectivity index (χ0n) is 12.2. The first-order valence-corrected chi connectivity index (χ1v) is 8.92. The second-order valence-corrected chi connectivity index (χ2v) is 7.48. The van der Waals surface area contributed by atoms with Gasteiger partial charge in [0.05, 0.1) is 10.6 Å². The number of nitrogens with one attached hydrogen (secondary N) is 1. The van der Waals surface area contributed by atoms with Gasteiger partial charge >= 0.3 is 0 Å². The number of carbonyl (C=O) groups excluding carboxylic acids is 1. The predicted molar refractivity (Wildman–Crippen MR) is 90.6 cm³/mol. The Hall–Kier alpha value is -1.60. The molecule has 1 atom stereocenters. The second kappa shape index (κ2) is 6.26. The molecule has 1 aliphatic carbocycles. The third kappa shape index (κ3) is 3.10. The first-order valence-electron chi connectivity index (χ1n) is 7.16. The fourth-order valence-corrected chi connectivity index (χ4v) is 3.80. The molecule has 1 N–H and O–H groups in total. The molecule has 7 heteroatoms. The number of carbonyl (C=O) groups is 1. The highest BCUT2D eigenvalue weighted by Gasteiger charge is 2.27. The van der Waals surface area contributed by atoms with Gasteiger partial charge in [-0.05, 0) is 31.2 Å². The smallest absolute Gasteiger partial charge is 0.263 e. The van der Waals surface area contributed by atoms with Crippen molar-refractivity contribution in [3.8, 4) is 0 Å². The quantitative estimate of drug-likeness (QED) is 0.500. The molecule has 1 amide bonds. The lowest BCUT2D eigenvalue weighted by atomic mass is 10.4. The number of hydrogen-bond acceptors (Lipinski definition) is 5. The van der Waals surface area contributed by atoms with Crippen LogP contribution in [0.3, 0.4) is 0 Å². The number of thioether (sulfide) groups is 1. The maximum atomic E-state index is 12.5. The van der Waals surface area contributed by atoms with Gasteiger partial charge in [-0.25, -0.2) is 4.98 Å². The average molecular weight is 335 g/mol. The molecular weight excluding hydrogens is 318 g/mol. The van der Waals surface area contributed by atoms with Gasteiger partial charge in [0.25, 0.3) is 5.56 Å². The molecule has 1 unspecified atom stereocenters. The van der Waals surface area contributed by atoms with Gasteiger partial charge in [-0.1, -0.05) is 17.8 Å². The molecule has 116 valence electrons. The highest BCUT2D eigenvalue weighted by Crippen LogP contribution is 2.26. The number of allylic oxidation sites excluding steroid dienone is 1. The van der Waals surface area contributed by atoms with E-state index in [0.717, 1.165) is 12.8 Å². The van der Waals surface area contributed by atoms with Gasteiger partial charge in [0.1, 0.15) is 4.83 Å². The fourth-order valence-electron chi connectivity index (χ4n) is 2.07. The van der Waals surface area contributed by atoms with Crippen LogP contribution >= 0.6 is 23.1 Å². The summed E-state index contributed by atoms with van der Waals surface area (Å²) in [5.74, 6) is -0.00169. The highest BCUT2D eigenvalue weighted by atomic mass is 32.2. The molecule has 0 radical (unpaired) electrons. The van der Waals surface area contributed by atoms with Crippen LogP contribution in [0.1, 0.15) is 19.8 Å². The van der Waals surface area contributed by atoms with Crippen molar-refractivity contribution in [2.75, 3.05) is 0 Å². The molecule has 1 aliphatic rings. The van der Waals surface area contributed by atoms with Gasteiger partial charge in [-0.2, -0.15) is 0 Å². The summed E-state index contributed by atoms with van der Waals surface area (Å²) in [6.45, 7) is 5.92. The van der Waals surface area contributed by atoms with Gasteiger partial charge in [0.2, 0.25) is 5.91 Å². The normalized spacial score (nSPS) is 15.7. The zero-order valence-corrected chi connectivity index (χ0v) is 13.9. The van der Waals surface area contributed by atoms with Crippen molar-refractivity contribution in [1.29, 1.82) is 0 Å². The molecule has 3 rings (SSSR count). The number of aromatic nitrogens is 2. The number of hydrogen-bond donors (Lipinski definition) is 1. The van der Waals surface area contributed by atoms with Gasteiger partial charge in [-0.3, -0.25) is 14.2 Å². The average Bonchev–Trinajstić information content (AvgIpc) is 3.17. The van der Waals surface area contributed by atoms with Crippen molar-refractivity contribution >= 4 is 39.2 Å². The first kappa shape index (κ1) is 15.3. The van der Waals surface area contributed by atoms with E-state index < -0.39 is 0 Å². The second-order valence-electron chi connectivity index (χ2n) is 5.28. The zero-order chi connectivity index (χ0) is 15.7. The van der Waals surface area contributed by atoms with Crippen LogP contribution in [0.4, 0.5) is 0 Å². The molecule has 0 bridgehead atoms. The minimum absolute atomic E-state index is 0.00169. The summed E-state index contributed by atoms with van der Waals surface area (Å²) < 4.78 is 1.58. The lowest BCUT2D eigenvalue weighted by Gasteiger charge is -2.14. The van der Waals surface area contributed by atoms with E-state index in [1.54, 1.807) is 16.7 Å². The van der Waals surface area contributed by atoms with Crippen LogP contribution in [0, 0.1) is 0 Å². The van der Waals surface area contributed by atoms with Crippen molar-refractivity contribution in [1.82, 2.24) is 14.9 Å². The van der Waals surface area contributed by atoms with Crippen molar-refractivity contribution in [3.63, 3.8) is 0 Å². The number of fused-ring (bicyclic) bond motifs is 1. The molecule has 0 saturated heterocycles. The predicted octanol–water partition coefficient (Wildman–Crippen LogP) is 2.40. The summed E-state index contributed by atoms with van der Waals surface area (Å²) in [5.41, 5.74) is -0.0801. The van der Waals surface area contributed by atoms with Crippen molar-refractivity contribution in [2.24, 2.45) is 0 Å². The number of rotatable bonds is 6. The number of thiophene rings is 1. The molecule has 22 heavy (non-hydrogen) atoms. The van der Waals surface area contributed by atoms with Crippen molar-refractivity contribution < 1.29 is 4.79 Å². The van der Waals surface area contributed by atoms with E-state index in [9.17, 15) is 9.59 Å². The maximum Gasteiger partial charge on any atom is 0.263 e. The first-order chi connectivity index (χ1) is 10.6. The molecule has 0 aliphatic heterocycles. The Kier molecular flexibility index (Phi) is 4.35. The molecule has 2 aromatic rings. The molecule has 1 fully saturated rings. The molecule has 5 nitrogen and oxygen atoms in total. The third-order valence-corrected chi connectivity index (χ3v) is 5.33. The van der Waals surface area contributed by atoms with Crippen LogP contribution in [0.25, 0.3) is 10.2 Å². The van der Waals surface area contributed by atoms with Gasteiger partial charge < -0.3 is 5.32 Å². The topological polar surface area (TPSA) is 64.0 Å². The minimum atomic E-state index is -0.291. The van der Waals surface area contributed by atoms with Crippen molar-refractivity contribution in [2.45, 2.75) is 42.8 Å². The van der Waals surface area contributed by atoms with Crippen LogP contribution in [0.5, 0.6) is 0 Å². The van der Waals surface area contributed by atoms with Crippen LogP contribution in [0.2, 0.25) is 0 Å². The van der Waals surface area contributed by atoms with Crippen LogP contribution in [-0.2, 0) is 11.3 Å². The minimum Gasteiger partial charge on any atom is -0.352 e. The van der Waals surface area contributed by atoms with Crippen LogP contribution in [0.15, 0.2) is 34.1 Å². The lowest BCUT2D eigenvalue weighted by Crippen LogP contribution is -2.33. The summed E-state index contributed by atoms with van der Waals surface area (Å²) >= 11 is 2.75. The fraction of sp³-hybridized carbons (Fsp3) is 0.400. The molecule has 0 aromatic carbocycles. The Balaban J connectivity index is 1.90. The SMILES string of the molecule is C=CCn1c(SC(C)C(=O)NC2CC2)nc2sccc2c1=O. The van der Waals surface area contributed by atoms with Crippen LogP contribution < -0.4 is 10.9 Å². The Bertz CT molecular complexity index is 777. The van der Waals surface area contributed by atoms with Gasteiger partial charge in [0, 0.05) is 12.6 Å². The summed E-state index contributed by atoms with van der Waals surface area (Å²) in [5, 5.41) is 5.73. The van der Waals surface area contributed by atoms with Crippen molar-refractivity contribution in [3.05, 3.63) is 34.5 Å². The summed E-state index contributed by atoms with van der Waals surface area (Å²) in [4.78, 5) is 29.9. The van der Waals surface area contributed by atoms with E-state index in [1.807, 2.05) is 12.3 Å². The molecule has 2 aromatic heterocycles. The van der Waals surface area contributed by atoms with E-state index in [1.165, 1.54) is 23.1 Å². The number of amides is 1. The van der Waals surface area contributed by atoms with Gasteiger partial charge in [-0.15, -0.1) is 17.9 Å². The lowest BCUT2D eigenvalue weighted by molar-refractivity contribution is -0.120. The largest absolute Gasteiger partial charge is 0.352 e. The summed E-state index contributed by atoms with van der Waals surface area (Å²) in [6, 6.07) is 2.12. The monoisotopic (exact) mass is 335 g/mol. The van der Waals surface area contributed by atoms with E-state index >= 15 is 0 Å². The Morgan fingerprint density at radius 3 is 3.14 bits per heavy atom. The molecule has 2 heterocycles. The van der Waals surface area contributed by atoms with E-state index in [4.69, 9.17) is 0 Å². The standard InChI is InChI=1S/C15H17N3O2S2/c1-3-7-18-14(20)11-6-8-21-13(11)17-15(18)22-9(2)12(19)16-10-4-5-10/h3,6,8-10H,1,4-5,7H2,2H3,(H,16,19). The molecule has 1 saturated carbocycles. The van der Waals surface area contributed by atoms with Crippen LogP contribution in [-0.4, -0.2) is 26.8 Å². The highest BCUT2D eigenvalue weighted by molar-refractivity contribution is 8.00. The summed E-state index contributed by atoms with van der Waals surface area (Å²) in [7, 11) is 0. The van der Waals surface area contributed by atoms with Gasteiger partial charge in [0.15, 0.2) is 5.16 Å². The number of nitrogens with zero attached hydrogens (tertiary/aromatic N) is 2. The Morgan fingerprint density at radius 2 is 2.45 bits per heavy atom. The summed E-state index contributed by atoms with van der Waals surface area (Å²) in [6.07, 6.45) is 3.79.